The first-order valence-electron chi connectivity index (χ1n) is 8.21. The van der Waals surface area contributed by atoms with Gasteiger partial charge in [0.05, 0.1) is 6.04 Å². The van der Waals surface area contributed by atoms with Crippen LogP contribution < -0.4 is 0 Å². The SMILES string of the molecule is CCCN(C(=O)OCc1ccccc1)[C@H](C=O)Cc1ccccc1. The molecule has 0 unspecified atom stereocenters. The summed E-state index contributed by atoms with van der Waals surface area (Å²) in [5, 5.41) is 0. The van der Waals surface area contributed by atoms with Crippen molar-refractivity contribution in [2.24, 2.45) is 0 Å². The smallest absolute Gasteiger partial charge is 0.410 e. The Hall–Kier alpha value is -2.62. The van der Waals surface area contributed by atoms with Gasteiger partial charge in [0, 0.05) is 6.54 Å². The molecular weight excluding hydrogens is 302 g/mol. The second-order valence-electron chi connectivity index (χ2n) is 5.63. The van der Waals surface area contributed by atoms with E-state index in [0.717, 1.165) is 23.8 Å². The molecule has 0 N–H and O–H groups in total. The zero-order valence-electron chi connectivity index (χ0n) is 13.9. The Morgan fingerprint density at radius 1 is 1.04 bits per heavy atom. The topological polar surface area (TPSA) is 46.6 Å². The minimum Gasteiger partial charge on any atom is -0.445 e. The van der Waals surface area contributed by atoms with Crippen molar-refractivity contribution in [2.45, 2.75) is 32.4 Å². The van der Waals surface area contributed by atoms with Crippen LogP contribution in [0, 0.1) is 0 Å². The third-order valence-corrected chi connectivity index (χ3v) is 3.75. The summed E-state index contributed by atoms with van der Waals surface area (Å²) in [5.41, 5.74) is 1.94. The van der Waals surface area contributed by atoms with Crippen LogP contribution in [0.15, 0.2) is 60.7 Å². The Morgan fingerprint density at radius 2 is 1.62 bits per heavy atom. The Bertz CT molecular complexity index is 628. The van der Waals surface area contributed by atoms with Crippen LogP contribution in [0.1, 0.15) is 24.5 Å². The maximum atomic E-state index is 12.4. The van der Waals surface area contributed by atoms with Gasteiger partial charge in [0.15, 0.2) is 0 Å². The molecule has 0 aliphatic carbocycles. The van der Waals surface area contributed by atoms with Gasteiger partial charge in [-0.3, -0.25) is 4.90 Å². The lowest BCUT2D eigenvalue weighted by atomic mass is 10.1. The third-order valence-electron chi connectivity index (χ3n) is 3.75. The van der Waals surface area contributed by atoms with E-state index in [9.17, 15) is 9.59 Å². The summed E-state index contributed by atoms with van der Waals surface area (Å²) in [6.45, 7) is 2.67. The van der Waals surface area contributed by atoms with Crippen molar-refractivity contribution >= 4 is 12.4 Å². The van der Waals surface area contributed by atoms with Gasteiger partial charge in [-0.15, -0.1) is 0 Å². The minimum atomic E-state index is -0.518. The number of hydrogen-bond acceptors (Lipinski definition) is 3. The number of aldehydes is 1. The molecule has 2 aromatic rings. The molecule has 24 heavy (non-hydrogen) atoms. The molecule has 0 saturated heterocycles. The molecule has 0 spiro atoms. The highest BCUT2D eigenvalue weighted by Crippen LogP contribution is 2.11. The summed E-state index contributed by atoms with van der Waals surface area (Å²) < 4.78 is 5.39. The van der Waals surface area contributed by atoms with Crippen LogP contribution in [-0.2, 0) is 22.6 Å². The molecule has 0 saturated carbocycles. The molecule has 0 heterocycles. The molecule has 0 aliphatic rings. The van der Waals surface area contributed by atoms with Crippen LogP contribution in [0.3, 0.4) is 0 Å². The minimum absolute atomic E-state index is 0.205. The largest absolute Gasteiger partial charge is 0.445 e. The molecule has 0 fully saturated rings. The number of benzene rings is 2. The molecule has 2 aromatic carbocycles. The van der Waals surface area contributed by atoms with E-state index in [0.29, 0.717) is 13.0 Å². The highest BCUT2D eigenvalue weighted by Gasteiger charge is 2.24. The number of hydrogen-bond donors (Lipinski definition) is 0. The van der Waals surface area contributed by atoms with Crippen LogP contribution in [0.25, 0.3) is 0 Å². The standard InChI is InChI=1S/C20H23NO3/c1-2-13-21(19(15-22)14-17-9-5-3-6-10-17)20(23)24-16-18-11-7-4-8-12-18/h3-12,15,19H,2,13-14,16H2,1H3/t19-/m0/s1. The first kappa shape index (κ1) is 17.7. The summed E-state index contributed by atoms with van der Waals surface area (Å²) in [6.07, 6.45) is 1.63. The van der Waals surface area contributed by atoms with Crippen LogP contribution in [0.4, 0.5) is 4.79 Å². The predicted molar refractivity (Wildman–Crippen MR) is 93.6 cm³/mol. The normalized spacial score (nSPS) is 11.5. The summed E-state index contributed by atoms with van der Waals surface area (Å²) in [4.78, 5) is 25.5. The van der Waals surface area contributed by atoms with Crippen molar-refractivity contribution in [1.29, 1.82) is 0 Å². The average molecular weight is 325 g/mol. The first-order valence-corrected chi connectivity index (χ1v) is 8.21. The molecule has 0 bridgehead atoms. The van der Waals surface area contributed by atoms with Crippen molar-refractivity contribution in [3.05, 3.63) is 71.8 Å². The second-order valence-corrected chi connectivity index (χ2v) is 5.63. The quantitative estimate of drug-likeness (QED) is 0.693. The number of nitrogens with zero attached hydrogens (tertiary/aromatic N) is 1. The van der Waals surface area contributed by atoms with Gasteiger partial charge in [0.25, 0.3) is 0 Å². The van der Waals surface area contributed by atoms with Gasteiger partial charge in [0.1, 0.15) is 12.9 Å². The van der Waals surface area contributed by atoms with Gasteiger partial charge < -0.3 is 9.53 Å². The van der Waals surface area contributed by atoms with Crippen LogP contribution in [0.2, 0.25) is 0 Å². The van der Waals surface area contributed by atoms with Gasteiger partial charge >= 0.3 is 6.09 Å². The first-order chi connectivity index (χ1) is 11.7. The summed E-state index contributed by atoms with van der Waals surface area (Å²) in [7, 11) is 0. The highest BCUT2D eigenvalue weighted by atomic mass is 16.6. The molecule has 0 aromatic heterocycles. The van der Waals surface area contributed by atoms with Crippen molar-refractivity contribution < 1.29 is 14.3 Å². The van der Waals surface area contributed by atoms with Crippen molar-refractivity contribution in [2.75, 3.05) is 6.54 Å². The molecule has 1 amide bonds. The van der Waals surface area contributed by atoms with Gasteiger partial charge in [-0.1, -0.05) is 67.6 Å². The zero-order valence-corrected chi connectivity index (χ0v) is 13.9. The lowest BCUT2D eigenvalue weighted by Crippen LogP contribution is -2.43. The maximum Gasteiger partial charge on any atom is 0.410 e. The molecule has 2 rings (SSSR count). The van der Waals surface area contributed by atoms with E-state index in [2.05, 4.69) is 0 Å². The van der Waals surface area contributed by atoms with Gasteiger partial charge in [-0.2, -0.15) is 0 Å². The van der Waals surface area contributed by atoms with E-state index in [1.807, 2.05) is 67.6 Å². The number of carbonyl (C=O) groups is 2. The number of amides is 1. The molecule has 4 heteroatoms. The predicted octanol–water partition coefficient (Wildman–Crippen LogP) is 3.85. The van der Waals surface area contributed by atoms with Gasteiger partial charge in [-0.05, 0) is 24.0 Å². The molecular formula is C20H23NO3. The summed E-state index contributed by atoms with van der Waals surface area (Å²) in [6, 6.07) is 18.7. The molecule has 1 atom stereocenters. The van der Waals surface area contributed by atoms with Crippen molar-refractivity contribution in [3.63, 3.8) is 0 Å². The van der Waals surface area contributed by atoms with Gasteiger partial charge in [-0.25, -0.2) is 4.79 Å². The van der Waals surface area contributed by atoms with Crippen LogP contribution in [0.5, 0.6) is 0 Å². The monoisotopic (exact) mass is 325 g/mol. The Labute approximate surface area is 143 Å². The molecule has 4 nitrogen and oxygen atoms in total. The van der Waals surface area contributed by atoms with Gasteiger partial charge in [0.2, 0.25) is 0 Å². The highest BCUT2D eigenvalue weighted by molar-refractivity contribution is 5.73. The Kier molecular flexibility index (Phi) is 7.02. The third kappa shape index (κ3) is 5.23. The number of carbonyl (C=O) groups excluding carboxylic acids is 2. The Morgan fingerprint density at radius 3 is 2.17 bits per heavy atom. The molecule has 0 aliphatic heterocycles. The number of rotatable bonds is 8. The number of ether oxygens (including phenoxy) is 1. The lowest BCUT2D eigenvalue weighted by molar-refractivity contribution is -0.112. The fraction of sp³-hybridized carbons (Fsp3) is 0.300. The van der Waals surface area contributed by atoms with Crippen molar-refractivity contribution in [1.82, 2.24) is 4.90 Å². The summed E-state index contributed by atoms with van der Waals surface area (Å²) in [5.74, 6) is 0. The van der Waals surface area contributed by atoms with Crippen LogP contribution >= 0.6 is 0 Å². The molecule has 0 radical (unpaired) electrons. The van der Waals surface area contributed by atoms with Crippen molar-refractivity contribution in [3.8, 4) is 0 Å². The van der Waals surface area contributed by atoms with E-state index in [1.165, 1.54) is 4.90 Å². The fourth-order valence-electron chi connectivity index (χ4n) is 2.52. The van der Waals surface area contributed by atoms with E-state index < -0.39 is 12.1 Å². The van der Waals surface area contributed by atoms with E-state index >= 15 is 0 Å². The van der Waals surface area contributed by atoms with E-state index in [1.54, 1.807) is 0 Å². The fourth-order valence-corrected chi connectivity index (χ4v) is 2.52. The lowest BCUT2D eigenvalue weighted by Gasteiger charge is -2.27. The second kappa shape index (κ2) is 9.50. The average Bonchev–Trinajstić information content (AvgIpc) is 2.64. The summed E-state index contributed by atoms with van der Waals surface area (Å²) >= 11 is 0. The van der Waals surface area contributed by atoms with Crippen LogP contribution in [-0.4, -0.2) is 29.9 Å². The molecule has 126 valence electrons. The Balaban J connectivity index is 2.02. The zero-order chi connectivity index (χ0) is 17.2. The van der Waals surface area contributed by atoms with E-state index in [-0.39, 0.29) is 6.61 Å². The maximum absolute atomic E-state index is 12.4. The van der Waals surface area contributed by atoms with E-state index in [4.69, 9.17) is 4.74 Å².